The molecule has 0 bridgehead atoms. The van der Waals surface area contributed by atoms with E-state index < -0.39 is 0 Å². The molecule has 0 aliphatic heterocycles. The third-order valence-electron chi connectivity index (χ3n) is 1.89. The zero-order chi connectivity index (χ0) is 11.0. The van der Waals surface area contributed by atoms with Gasteiger partial charge >= 0.3 is 0 Å². The van der Waals surface area contributed by atoms with Crippen LogP contribution in [0.25, 0.3) is 0 Å². The van der Waals surface area contributed by atoms with E-state index in [4.69, 9.17) is 11.5 Å². The molecule has 14 heavy (non-hydrogen) atoms. The van der Waals surface area contributed by atoms with Gasteiger partial charge in [-0.25, -0.2) is 0 Å². The summed E-state index contributed by atoms with van der Waals surface area (Å²) in [4.78, 5) is 11.0. The number of primary amides is 1. The second kappa shape index (κ2) is 7.09. The van der Waals surface area contributed by atoms with Crippen molar-refractivity contribution >= 4 is 5.91 Å². The van der Waals surface area contributed by atoms with Crippen molar-refractivity contribution in [3.8, 4) is 0 Å². The number of amides is 1. The van der Waals surface area contributed by atoms with E-state index in [0.717, 1.165) is 5.57 Å². The van der Waals surface area contributed by atoms with Crippen LogP contribution in [0.15, 0.2) is 37.0 Å². The molecule has 78 valence electrons. The van der Waals surface area contributed by atoms with Gasteiger partial charge in [-0.2, -0.15) is 0 Å². The first kappa shape index (κ1) is 12.7. The van der Waals surface area contributed by atoms with E-state index in [2.05, 4.69) is 13.2 Å². The quantitative estimate of drug-likeness (QED) is 0.596. The summed E-state index contributed by atoms with van der Waals surface area (Å²) >= 11 is 0. The summed E-state index contributed by atoms with van der Waals surface area (Å²) in [6.07, 6.45) is 6.48. The van der Waals surface area contributed by atoms with Gasteiger partial charge < -0.3 is 11.5 Å². The lowest BCUT2D eigenvalue weighted by Gasteiger charge is -2.08. The van der Waals surface area contributed by atoms with Crippen molar-refractivity contribution in [3.05, 3.63) is 37.0 Å². The minimum atomic E-state index is -0.347. The highest BCUT2D eigenvalue weighted by molar-refractivity contribution is 5.78. The van der Waals surface area contributed by atoms with Crippen LogP contribution in [0.3, 0.4) is 0 Å². The predicted molar refractivity (Wildman–Crippen MR) is 59.4 cm³/mol. The minimum absolute atomic E-state index is 0.300. The number of carbonyl (C=O) groups excluding carboxylic acids is 1. The maximum Gasteiger partial charge on any atom is 0.224 e. The number of allylic oxidation sites excluding steroid dienone is 2. The van der Waals surface area contributed by atoms with Crippen molar-refractivity contribution in [2.45, 2.75) is 12.8 Å². The van der Waals surface area contributed by atoms with Gasteiger partial charge in [0.05, 0.1) is 5.92 Å². The number of hydrogen-bond acceptors (Lipinski definition) is 2. The maximum absolute atomic E-state index is 11.0. The second-order valence-electron chi connectivity index (χ2n) is 3.06. The van der Waals surface area contributed by atoms with E-state index in [1.165, 1.54) is 0 Å². The summed E-state index contributed by atoms with van der Waals surface area (Å²) in [5, 5.41) is 0. The summed E-state index contributed by atoms with van der Waals surface area (Å²) in [6.45, 7) is 7.61. The lowest BCUT2D eigenvalue weighted by molar-refractivity contribution is -0.120. The summed E-state index contributed by atoms with van der Waals surface area (Å²) in [5.74, 6) is -0.647. The topological polar surface area (TPSA) is 69.1 Å². The minimum Gasteiger partial charge on any atom is -0.369 e. The highest BCUT2D eigenvalue weighted by Crippen LogP contribution is 2.10. The number of hydrogen-bond donors (Lipinski definition) is 2. The highest BCUT2D eigenvalue weighted by atomic mass is 16.1. The van der Waals surface area contributed by atoms with Crippen molar-refractivity contribution < 1.29 is 4.79 Å². The van der Waals surface area contributed by atoms with E-state index in [1.54, 1.807) is 12.2 Å². The third-order valence-corrected chi connectivity index (χ3v) is 1.89. The summed E-state index contributed by atoms with van der Waals surface area (Å²) in [5.41, 5.74) is 11.7. The maximum atomic E-state index is 11.0. The van der Waals surface area contributed by atoms with E-state index in [0.29, 0.717) is 19.4 Å². The molecule has 0 aliphatic carbocycles. The van der Waals surface area contributed by atoms with Crippen LogP contribution >= 0.6 is 0 Å². The lowest BCUT2D eigenvalue weighted by atomic mass is 10.00. The van der Waals surface area contributed by atoms with Gasteiger partial charge in [-0.3, -0.25) is 4.79 Å². The molecular weight excluding hydrogens is 176 g/mol. The molecule has 0 aliphatic rings. The average Bonchev–Trinajstić information content (AvgIpc) is 2.15. The lowest BCUT2D eigenvalue weighted by Crippen LogP contribution is -2.22. The molecule has 0 aromatic heterocycles. The molecule has 0 aromatic rings. The summed E-state index contributed by atoms with van der Waals surface area (Å²) in [6, 6.07) is 0. The third kappa shape index (κ3) is 4.62. The number of rotatable bonds is 7. The molecule has 0 aromatic carbocycles. The van der Waals surface area contributed by atoms with Gasteiger partial charge in [-0.15, -0.1) is 13.2 Å². The van der Waals surface area contributed by atoms with Gasteiger partial charge in [0.25, 0.3) is 0 Å². The SMILES string of the molecule is C=CC/C(=C\C(CC=C)C(N)=O)CN. The molecule has 3 nitrogen and oxygen atoms in total. The second-order valence-corrected chi connectivity index (χ2v) is 3.06. The molecule has 0 saturated carbocycles. The normalized spacial score (nSPS) is 13.4. The molecule has 1 atom stereocenters. The zero-order valence-corrected chi connectivity index (χ0v) is 8.41. The van der Waals surface area contributed by atoms with Crippen LogP contribution in [-0.2, 0) is 4.79 Å². The van der Waals surface area contributed by atoms with E-state index in [-0.39, 0.29) is 11.8 Å². The average molecular weight is 194 g/mol. The number of carbonyl (C=O) groups is 1. The Bertz CT molecular complexity index is 244. The van der Waals surface area contributed by atoms with Crippen LogP contribution in [0.4, 0.5) is 0 Å². The van der Waals surface area contributed by atoms with Crippen LogP contribution in [0.1, 0.15) is 12.8 Å². The Morgan fingerprint density at radius 3 is 2.36 bits per heavy atom. The fraction of sp³-hybridized carbons (Fsp3) is 0.364. The van der Waals surface area contributed by atoms with Gasteiger partial charge in [-0.1, -0.05) is 23.8 Å². The molecule has 0 saturated heterocycles. The highest BCUT2D eigenvalue weighted by Gasteiger charge is 2.10. The Labute approximate surface area is 85.2 Å². The van der Waals surface area contributed by atoms with Crippen LogP contribution in [0, 0.1) is 5.92 Å². The first-order chi connectivity index (χ1) is 6.65. The molecule has 0 radical (unpaired) electrons. The predicted octanol–water partition coefficient (Wildman–Crippen LogP) is 1.13. The van der Waals surface area contributed by atoms with Gasteiger partial charge in [0.15, 0.2) is 0 Å². The Morgan fingerprint density at radius 2 is 2.00 bits per heavy atom. The molecule has 0 spiro atoms. The zero-order valence-electron chi connectivity index (χ0n) is 8.41. The first-order valence-electron chi connectivity index (χ1n) is 4.56. The molecule has 0 fully saturated rings. The Morgan fingerprint density at radius 1 is 1.36 bits per heavy atom. The van der Waals surface area contributed by atoms with Crippen LogP contribution in [0.2, 0.25) is 0 Å². The molecule has 4 N–H and O–H groups in total. The fourth-order valence-electron chi connectivity index (χ4n) is 1.14. The van der Waals surface area contributed by atoms with Crippen molar-refractivity contribution in [1.82, 2.24) is 0 Å². The molecule has 0 heterocycles. The van der Waals surface area contributed by atoms with Gasteiger partial charge in [0.2, 0.25) is 5.91 Å². The van der Waals surface area contributed by atoms with Gasteiger partial charge in [-0.05, 0) is 12.8 Å². The van der Waals surface area contributed by atoms with Crippen LogP contribution in [0.5, 0.6) is 0 Å². The molecular formula is C11H18N2O. The monoisotopic (exact) mass is 194 g/mol. The smallest absolute Gasteiger partial charge is 0.224 e. The van der Waals surface area contributed by atoms with Crippen molar-refractivity contribution in [2.75, 3.05) is 6.54 Å². The van der Waals surface area contributed by atoms with Crippen LogP contribution in [-0.4, -0.2) is 12.5 Å². The molecule has 0 rings (SSSR count). The largest absolute Gasteiger partial charge is 0.369 e. The first-order valence-corrected chi connectivity index (χ1v) is 4.56. The molecule has 1 unspecified atom stereocenters. The fourth-order valence-corrected chi connectivity index (χ4v) is 1.14. The molecule has 1 amide bonds. The van der Waals surface area contributed by atoms with Gasteiger partial charge in [0, 0.05) is 6.54 Å². The van der Waals surface area contributed by atoms with Crippen LogP contribution < -0.4 is 11.5 Å². The Kier molecular flexibility index (Phi) is 6.41. The van der Waals surface area contributed by atoms with E-state index in [9.17, 15) is 4.79 Å². The summed E-state index contributed by atoms with van der Waals surface area (Å²) < 4.78 is 0. The standard InChI is InChI=1S/C11H18N2O/c1-3-5-9(8-12)7-10(6-4-2)11(13)14/h3-4,7,10H,1-2,5-6,8,12H2,(H2,13,14)/b9-7+. The Balaban J connectivity index is 4.55. The summed E-state index contributed by atoms with van der Waals surface area (Å²) in [7, 11) is 0. The van der Waals surface area contributed by atoms with Crippen molar-refractivity contribution in [1.29, 1.82) is 0 Å². The van der Waals surface area contributed by atoms with Crippen molar-refractivity contribution in [2.24, 2.45) is 17.4 Å². The van der Waals surface area contributed by atoms with E-state index >= 15 is 0 Å². The molecule has 3 heteroatoms. The van der Waals surface area contributed by atoms with E-state index in [1.807, 2.05) is 6.08 Å². The Hall–Kier alpha value is -1.35. The van der Waals surface area contributed by atoms with Crippen molar-refractivity contribution in [3.63, 3.8) is 0 Å². The number of nitrogens with two attached hydrogens (primary N) is 2. The van der Waals surface area contributed by atoms with Gasteiger partial charge in [0.1, 0.15) is 0 Å².